The largest absolute Gasteiger partial charge is 0.301 e. The number of nitrogens with zero attached hydrogens (tertiary/aromatic N) is 2. The quantitative estimate of drug-likeness (QED) is 0.641. The van der Waals surface area contributed by atoms with Crippen LogP contribution in [-0.4, -0.2) is 21.9 Å². The number of hydrogen-bond donors (Lipinski definition) is 1. The fraction of sp³-hybridized carbons (Fsp3) is 0.125. The van der Waals surface area contributed by atoms with Crippen LogP contribution < -0.4 is 5.32 Å². The molecule has 1 amide bonds. The summed E-state index contributed by atoms with van der Waals surface area (Å²) >= 11 is 8.31. The zero-order valence-electron chi connectivity index (χ0n) is 12.4. The maximum atomic E-state index is 12.0. The summed E-state index contributed by atoms with van der Waals surface area (Å²) < 4.78 is 0.560. The van der Waals surface area contributed by atoms with Gasteiger partial charge >= 0.3 is 0 Å². The Hall–Kier alpha value is -2.09. The molecule has 0 unspecified atom stereocenters. The van der Waals surface area contributed by atoms with Gasteiger partial charge in [-0.2, -0.15) is 0 Å². The molecule has 0 fully saturated rings. The van der Waals surface area contributed by atoms with Crippen LogP contribution in [0.4, 0.5) is 5.13 Å². The third kappa shape index (κ3) is 4.25. The number of anilines is 1. The Morgan fingerprint density at radius 1 is 1.00 bits per heavy atom. The normalized spacial score (nSPS) is 10.5. The van der Waals surface area contributed by atoms with Crippen LogP contribution in [0.15, 0.2) is 42.5 Å². The van der Waals surface area contributed by atoms with E-state index in [1.54, 1.807) is 12.1 Å². The number of nitrogens with one attached hydrogen (secondary N) is 1. The number of Topliss-reactive ketones (excluding diaryl/α,β-unsaturated/α-hetero) is 1. The van der Waals surface area contributed by atoms with Gasteiger partial charge in [-0.3, -0.25) is 9.59 Å². The van der Waals surface area contributed by atoms with Crippen molar-refractivity contribution in [3.05, 3.63) is 51.7 Å². The maximum absolute atomic E-state index is 12.0. The molecule has 0 aliphatic rings. The lowest BCUT2D eigenvalue weighted by Gasteiger charge is -2.00. The predicted octanol–water partition coefficient (Wildman–Crippen LogP) is 4.52. The van der Waals surface area contributed by atoms with Gasteiger partial charge in [0.2, 0.25) is 11.0 Å². The van der Waals surface area contributed by atoms with Gasteiger partial charge in [-0.15, -0.1) is 21.5 Å². The highest BCUT2D eigenvalue weighted by Crippen LogP contribution is 2.26. The summed E-state index contributed by atoms with van der Waals surface area (Å²) in [6.07, 6.45) is 0.224. The lowest BCUT2D eigenvalue weighted by molar-refractivity contribution is -0.116. The van der Waals surface area contributed by atoms with Crippen LogP contribution in [0.25, 0.3) is 10.6 Å². The zero-order valence-corrected chi connectivity index (χ0v) is 14.7. The van der Waals surface area contributed by atoms with Gasteiger partial charge in [-0.25, -0.2) is 0 Å². The van der Waals surface area contributed by atoms with Crippen molar-refractivity contribution >= 4 is 51.1 Å². The van der Waals surface area contributed by atoms with Gasteiger partial charge in [0, 0.05) is 18.4 Å². The molecule has 24 heavy (non-hydrogen) atoms. The van der Waals surface area contributed by atoms with Crippen molar-refractivity contribution in [2.45, 2.75) is 12.8 Å². The second-order valence-electron chi connectivity index (χ2n) is 4.85. The lowest BCUT2D eigenvalue weighted by atomic mass is 10.2. The molecule has 122 valence electrons. The first-order valence-corrected chi connectivity index (χ1v) is 9.10. The molecule has 0 spiro atoms. The molecule has 0 atom stereocenters. The van der Waals surface area contributed by atoms with Gasteiger partial charge in [0.05, 0.1) is 9.21 Å². The summed E-state index contributed by atoms with van der Waals surface area (Å²) in [5.74, 6) is -0.356. The molecule has 0 radical (unpaired) electrons. The maximum Gasteiger partial charge on any atom is 0.226 e. The Morgan fingerprint density at radius 2 is 1.79 bits per heavy atom. The Labute approximate surface area is 151 Å². The van der Waals surface area contributed by atoms with E-state index >= 15 is 0 Å². The molecule has 0 aliphatic carbocycles. The van der Waals surface area contributed by atoms with Crippen molar-refractivity contribution in [1.29, 1.82) is 0 Å². The summed E-state index contributed by atoms with van der Waals surface area (Å²) in [6.45, 7) is 0. The third-order valence-corrected chi connectivity index (χ3v) is 5.28. The van der Waals surface area contributed by atoms with Gasteiger partial charge in [0.25, 0.3) is 0 Å². The van der Waals surface area contributed by atoms with Gasteiger partial charge < -0.3 is 5.32 Å². The molecule has 0 saturated carbocycles. The number of hydrogen-bond acceptors (Lipinski definition) is 6. The second-order valence-corrected chi connectivity index (χ2v) is 7.55. The van der Waals surface area contributed by atoms with Crippen LogP contribution in [0.1, 0.15) is 22.5 Å². The van der Waals surface area contributed by atoms with E-state index in [4.69, 9.17) is 11.6 Å². The predicted molar refractivity (Wildman–Crippen MR) is 96.9 cm³/mol. The van der Waals surface area contributed by atoms with Crippen LogP contribution in [0, 0.1) is 0 Å². The van der Waals surface area contributed by atoms with Crippen LogP contribution in [0.5, 0.6) is 0 Å². The molecule has 1 N–H and O–H groups in total. The molecular weight excluding hydrogens is 366 g/mol. The average molecular weight is 378 g/mol. The molecule has 3 rings (SSSR count). The SMILES string of the molecule is O=C(CCC(=O)c1ccc(Cl)s1)Nc1nnc(-c2ccccc2)s1. The summed E-state index contributed by atoms with van der Waals surface area (Å²) in [5.41, 5.74) is 0.945. The number of carbonyl (C=O) groups excluding carboxylic acids is 2. The summed E-state index contributed by atoms with van der Waals surface area (Å²) in [7, 11) is 0. The fourth-order valence-corrected chi connectivity index (χ4v) is 3.74. The number of thiophene rings is 1. The van der Waals surface area contributed by atoms with Crippen molar-refractivity contribution in [1.82, 2.24) is 10.2 Å². The first kappa shape index (κ1) is 16.8. The minimum Gasteiger partial charge on any atom is -0.301 e. The standard InChI is InChI=1S/C16H12ClN3O2S2/c17-13-8-7-12(23-13)11(21)6-9-14(22)18-16-20-19-15(24-16)10-4-2-1-3-5-10/h1-5,7-8H,6,9H2,(H,18,20,22). The van der Waals surface area contributed by atoms with Crippen molar-refractivity contribution in [3.63, 3.8) is 0 Å². The van der Waals surface area contributed by atoms with Gasteiger partial charge in [0.15, 0.2) is 5.78 Å². The number of rotatable bonds is 6. The Kier molecular flexibility index (Phi) is 5.34. The van der Waals surface area contributed by atoms with Gasteiger partial charge in [-0.05, 0) is 12.1 Å². The second kappa shape index (κ2) is 7.65. The highest BCUT2D eigenvalue weighted by Gasteiger charge is 2.13. The average Bonchev–Trinajstić information content (AvgIpc) is 3.23. The van der Waals surface area contributed by atoms with Gasteiger partial charge in [0.1, 0.15) is 5.01 Å². The number of carbonyl (C=O) groups is 2. The molecule has 0 bridgehead atoms. The van der Waals surface area contributed by atoms with E-state index in [1.807, 2.05) is 30.3 Å². The van der Waals surface area contributed by atoms with Crippen molar-refractivity contribution in [3.8, 4) is 10.6 Å². The van der Waals surface area contributed by atoms with Crippen molar-refractivity contribution < 1.29 is 9.59 Å². The molecule has 2 aromatic heterocycles. The topological polar surface area (TPSA) is 72.0 Å². The summed E-state index contributed by atoms with van der Waals surface area (Å²) in [6, 6.07) is 12.9. The lowest BCUT2D eigenvalue weighted by Crippen LogP contribution is -2.13. The Bertz CT molecular complexity index is 861. The molecule has 3 aromatic rings. The molecule has 0 saturated heterocycles. The minimum absolute atomic E-state index is 0.0919. The highest BCUT2D eigenvalue weighted by atomic mass is 35.5. The van der Waals surface area contributed by atoms with E-state index in [2.05, 4.69) is 15.5 Å². The Morgan fingerprint density at radius 3 is 2.50 bits per heavy atom. The van der Waals surface area contributed by atoms with Crippen molar-refractivity contribution in [2.24, 2.45) is 0 Å². The number of ketones is 1. The molecular formula is C16H12ClN3O2S2. The first-order chi connectivity index (χ1) is 11.6. The molecule has 0 aliphatic heterocycles. The van der Waals surface area contributed by atoms with Crippen LogP contribution >= 0.6 is 34.3 Å². The molecule has 5 nitrogen and oxygen atoms in total. The van der Waals surface area contributed by atoms with E-state index in [0.29, 0.717) is 14.3 Å². The third-order valence-electron chi connectivity index (χ3n) is 3.12. The van der Waals surface area contributed by atoms with Crippen molar-refractivity contribution in [2.75, 3.05) is 5.32 Å². The summed E-state index contributed by atoms with van der Waals surface area (Å²) in [5, 5.41) is 11.8. The first-order valence-electron chi connectivity index (χ1n) is 7.09. The van der Waals surface area contributed by atoms with Gasteiger partial charge in [-0.1, -0.05) is 53.3 Å². The minimum atomic E-state index is -0.262. The van der Waals surface area contributed by atoms with E-state index < -0.39 is 0 Å². The number of aromatic nitrogens is 2. The number of benzene rings is 1. The number of amides is 1. The fourth-order valence-electron chi connectivity index (χ4n) is 1.97. The highest BCUT2D eigenvalue weighted by molar-refractivity contribution is 7.18. The van der Waals surface area contributed by atoms with E-state index in [9.17, 15) is 9.59 Å². The summed E-state index contributed by atoms with van der Waals surface area (Å²) in [4.78, 5) is 24.5. The molecule has 1 aromatic carbocycles. The molecule has 2 heterocycles. The van der Waals surface area contributed by atoms with Crippen LogP contribution in [0.2, 0.25) is 4.34 Å². The van der Waals surface area contributed by atoms with E-state index in [-0.39, 0.29) is 24.5 Å². The van der Waals surface area contributed by atoms with E-state index in [1.165, 1.54) is 22.7 Å². The Balaban J connectivity index is 1.54. The number of halogens is 1. The van der Waals surface area contributed by atoms with Crippen LogP contribution in [0.3, 0.4) is 0 Å². The molecule has 8 heteroatoms. The van der Waals surface area contributed by atoms with Crippen LogP contribution in [-0.2, 0) is 4.79 Å². The van der Waals surface area contributed by atoms with E-state index in [0.717, 1.165) is 10.6 Å². The smallest absolute Gasteiger partial charge is 0.226 e. The monoisotopic (exact) mass is 377 g/mol. The zero-order chi connectivity index (χ0) is 16.9.